The van der Waals surface area contributed by atoms with E-state index in [0.717, 1.165) is 13.1 Å². The summed E-state index contributed by atoms with van der Waals surface area (Å²) >= 11 is 0. The zero-order valence-corrected chi connectivity index (χ0v) is 13.9. The van der Waals surface area contributed by atoms with Crippen LogP contribution in [0.5, 0.6) is 5.75 Å². The van der Waals surface area contributed by atoms with E-state index in [9.17, 15) is 8.42 Å². The van der Waals surface area contributed by atoms with E-state index in [-0.39, 0.29) is 0 Å². The molecule has 1 aromatic rings. The average Bonchev–Trinajstić information content (AvgIpc) is 3.09. The van der Waals surface area contributed by atoms with Crippen molar-refractivity contribution < 1.29 is 13.2 Å². The summed E-state index contributed by atoms with van der Waals surface area (Å²) in [6.07, 6.45) is 5.16. The van der Waals surface area contributed by atoms with Crippen molar-refractivity contribution in [1.82, 2.24) is 9.21 Å². The second-order valence-electron chi connectivity index (χ2n) is 6.06. The van der Waals surface area contributed by atoms with Crippen molar-refractivity contribution in [2.75, 3.05) is 33.3 Å². The molecule has 1 aliphatic heterocycles. The van der Waals surface area contributed by atoms with Gasteiger partial charge in [0, 0.05) is 38.3 Å². The number of nitrogens with zero attached hydrogens (tertiary/aromatic N) is 2. The Balaban J connectivity index is 1.68. The second-order valence-corrected chi connectivity index (χ2v) is 8.00. The third-order valence-corrected chi connectivity index (χ3v) is 6.69. The highest BCUT2D eigenvalue weighted by atomic mass is 32.2. The lowest BCUT2D eigenvalue weighted by atomic mass is 10.2. The van der Waals surface area contributed by atoms with Crippen molar-refractivity contribution in [2.45, 2.75) is 36.6 Å². The number of hydrogen-bond donors (Lipinski definition) is 0. The molecule has 0 bridgehead atoms. The summed E-state index contributed by atoms with van der Waals surface area (Å²) in [4.78, 5) is 2.78. The Kier molecular flexibility index (Phi) is 4.70. The number of ether oxygens (including phenoxy) is 1. The molecule has 1 saturated carbocycles. The summed E-state index contributed by atoms with van der Waals surface area (Å²) in [5.41, 5.74) is 0. The Bertz CT molecular complexity index is 604. The van der Waals surface area contributed by atoms with Crippen molar-refractivity contribution in [3.05, 3.63) is 24.3 Å². The predicted molar refractivity (Wildman–Crippen MR) is 85.6 cm³/mol. The third kappa shape index (κ3) is 3.14. The smallest absolute Gasteiger partial charge is 0.243 e. The maximum atomic E-state index is 12.7. The Morgan fingerprint density at radius 1 is 1.09 bits per heavy atom. The predicted octanol–water partition coefficient (Wildman–Crippen LogP) is 1.94. The number of hydrogen-bond acceptors (Lipinski definition) is 4. The molecular weight excluding hydrogens is 300 g/mol. The van der Waals surface area contributed by atoms with Crippen LogP contribution in [-0.2, 0) is 10.0 Å². The number of piperazine rings is 1. The fourth-order valence-electron chi connectivity index (χ4n) is 3.49. The fourth-order valence-corrected chi connectivity index (χ4v) is 4.95. The van der Waals surface area contributed by atoms with Crippen LogP contribution in [0.25, 0.3) is 0 Å². The Hall–Kier alpha value is -1.11. The molecule has 0 amide bonds. The van der Waals surface area contributed by atoms with Gasteiger partial charge in [-0.15, -0.1) is 0 Å². The molecule has 3 rings (SSSR count). The van der Waals surface area contributed by atoms with E-state index < -0.39 is 10.0 Å². The highest BCUT2D eigenvalue weighted by molar-refractivity contribution is 7.89. The van der Waals surface area contributed by atoms with Crippen molar-refractivity contribution in [2.24, 2.45) is 0 Å². The number of methoxy groups -OCH3 is 1. The van der Waals surface area contributed by atoms with Crippen LogP contribution in [0.3, 0.4) is 0 Å². The standard InChI is InChI=1S/C16H24N2O3S/c1-21-15-7-4-8-16(13-15)22(19,20)18-11-9-17(10-12-18)14-5-2-3-6-14/h4,7-8,13-14H,2-3,5-6,9-12H2,1H3. The van der Waals surface area contributed by atoms with E-state index in [1.165, 1.54) is 25.7 Å². The Labute approximate surface area is 132 Å². The van der Waals surface area contributed by atoms with Crippen molar-refractivity contribution >= 4 is 10.0 Å². The molecule has 0 aromatic heterocycles. The number of benzene rings is 1. The van der Waals surface area contributed by atoms with E-state index >= 15 is 0 Å². The molecule has 1 aromatic carbocycles. The molecule has 0 N–H and O–H groups in total. The Morgan fingerprint density at radius 3 is 2.41 bits per heavy atom. The van der Waals surface area contributed by atoms with Gasteiger partial charge in [-0.2, -0.15) is 4.31 Å². The van der Waals surface area contributed by atoms with Gasteiger partial charge < -0.3 is 4.74 Å². The monoisotopic (exact) mass is 324 g/mol. The zero-order chi connectivity index (χ0) is 15.6. The molecular formula is C16H24N2O3S. The van der Waals surface area contributed by atoms with Gasteiger partial charge in [0.15, 0.2) is 0 Å². The molecule has 0 spiro atoms. The SMILES string of the molecule is COc1cccc(S(=O)(=O)N2CCN(C3CCCC3)CC2)c1. The first-order valence-corrected chi connectivity index (χ1v) is 9.43. The average molecular weight is 324 g/mol. The van der Waals surface area contributed by atoms with Gasteiger partial charge in [0.05, 0.1) is 12.0 Å². The molecule has 2 fully saturated rings. The summed E-state index contributed by atoms with van der Waals surface area (Å²) in [6, 6.07) is 7.39. The molecule has 0 radical (unpaired) electrons. The zero-order valence-electron chi connectivity index (χ0n) is 13.1. The fraction of sp³-hybridized carbons (Fsp3) is 0.625. The summed E-state index contributed by atoms with van der Waals surface area (Å²) < 4.78 is 32.2. The van der Waals surface area contributed by atoms with Crippen LogP contribution in [0.1, 0.15) is 25.7 Å². The van der Waals surface area contributed by atoms with Crippen LogP contribution in [0.15, 0.2) is 29.2 Å². The summed E-state index contributed by atoms with van der Waals surface area (Å²) in [7, 11) is -1.87. The molecule has 1 heterocycles. The highest BCUT2D eigenvalue weighted by Gasteiger charge is 2.31. The van der Waals surface area contributed by atoms with Gasteiger partial charge in [-0.1, -0.05) is 18.9 Å². The maximum absolute atomic E-state index is 12.7. The van der Waals surface area contributed by atoms with E-state index in [1.54, 1.807) is 35.7 Å². The largest absolute Gasteiger partial charge is 0.497 e. The van der Waals surface area contributed by atoms with Crippen LogP contribution < -0.4 is 4.74 Å². The van der Waals surface area contributed by atoms with Crippen molar-refractivity contribution in [3.63, 3.8) is 0 Å². The Morgan fingerprint density at radius 2 is 1.77 bits per heavy atom. The van der Waals surface area contributed by atoms with Gasteiger partial charge in [0.1, 0.15) is 5.75 Å². The molecule has 1 aliphatic carbocycles. The third-order valence-electron chi connectivity index (χ3n) is 4.79. The molecule has 2 aliphatic rings. The summed E-state index contributed by atoms with van der Waals surface area (Å²) in [6.45, 7) is 2.84. The molecule has 6 heteroatoms. The van der Waals surface area contributed by atoms with Crippen LogP contribution in [0, 0.1) is 0 Å². The minimum absolute atomic E-state index is 0.321. The summed E-state index contributed by atoms with van der Waals surface area (Å²) in [5, 5.41) is 0. The van der Waals surface area contributed by atoms with Gasteiger partial charge in [-0.3, -0.25) is 4.90 Å². The van der Waals surface area contributed by atoms with Crippen LogP contribution in [-0.4, -0.2) is 57.0 Å². The van der Waals surface area contributed by atoms with Gasteiger partial charge in [0.25, 0.3) is 0 Å². The van der Waals surface area contributed by atoms with Crippen LogP contribution in [0.4, 0.5) is 0 Å². The van der Waals surface area contributed by atoms with Gasteiger partial charge in [-0.25, -0.2) is 8.42 Å². The second kappa shape index (κ2) is 6.56. The molecule has 0 atom stereocenters. The lowest BCUT2D eigenvalue weighted by Gasteiger charge is -2.37. The quantitative estimate of drug-likeness (QED) is 0.849. The number of sulfonamides is 1. The lowest BCUT2D eigenvalue weighted by Crippen LogP contribution is -2.51. The van der Waals surface area contributed by atoms with E-state index in [0.29, 0.717) is 29.8 Å². The normalized spacial score (nSPS) is 22.0. The van der Waals surface area contributed by atoms with Crippen molar-refractivity contribution in [3.8, 4) is 5.75 Å². The maximum Gasteiger partial charge on any atom is 0.243 e. The molecule has 0 unspecified atom stereocenters. The lowest BCUT2D eigenvalue weighted by molar-refractivity contribution is 0.139. The van der Waals surface area contributed by atoms with Crippen LogP contribution in [0.2, 0.25) is 0 Å². The first-order chi connectivity index (χ1) is 10.6. The molecule has 22 heavy (non-hydrogen) atoms. The molecule has 122 valence electrons. The summed E-state index contributed by atoms with van der Waals surface area (Å²) in [5.74, 6) is 0.575. The van der Waals surface area contributed by atoms with Crippen molar-refractivity contribution in [1.29, 1.82) is 0 Å². The molecule has 1 saturated heterocycles. The first kappa shape index (κ1) is 15.8. The van der Waals surface area contributed by atoms with Crippen LogP contribution >= 0.6 is 0 Å². The first-order valence-electron chi connectivity index (χ1n) is 7.99. The minimum Gasteiger partial charge on any atom is -0.497 e. The molecule has 5 nitrogen and oxygen atoms in total. The van der Waals surface area contributed by atoms with E-state index in [4.69, 9.17) is 4.74 Å². The van der Waals surface area contributed by atoms with E-state index in [2.05, 4.69) is 4.90 Å². The van der Waals surface area contributed by atoms with Gasteiger partial charge in [-0.05, 0) is 25.0 Å². The van der Waals surface area contributed by atoms with Gasteiger partial charge >= 0.3 is 0 Å². The van der Waals surface area contributed by atoms with Gasteiger partial charge in [0.2, 0.25) is 10.0 Å². The topological polar surface area (TPSA) is 49.9 Å². The van der Waals surface area contributed by atoms with E-state index in [1.807, 2.05) is 0 Å². The highest BCUT2D eigenvalue weighted by Crippen LogP contribution is 2.26. The minimum atomic E-state index is -3.41. The number of rotatable bonds is 4.